The Morgan fingerprint density at radius 1 is 1.23 bits per heavy atom. The second-order valence-corrected chi connectivity index (χ2v) is 6.55. The van der Waals surface area contributed by atoms with Gasteiger partial charge in [0.25, 0.3) is 0 Å². The molecular weight excluding hydrogens is 268 g/mol. The quantitative estimate of drug-likeness (QED) is 0.595. The lowest BCUT2D eigenvalue weighted by molar-refractivity contribution is 0.484. The lowest BCUT2D eigenvalue weighted by Crippen LogP contribution is -2.20. The van der Waals surface area contributed by atoms with Crippen LogP contribution in [-0.2, 0) is 6.54 Å². The highest BCUT2D eigenvalue weighted by molar-refractivity contribution is 5.07. The highest BCUT2D eigenvalue weighted by Gasteiger charge is 2.01. The van der Waals surface area contributed by atoms with E-state index in [-0.39, 0.29) is 0 Å². The summed E-state index contributed by atoms with van der Waals surface area (Å²) < 4.78 is 0. The van der Waals surface area contributed by atoms with Crippen molar-refractivity contribution in [2.24, 2.45) is 5.92 Å². The molecule has 0 aliphatic carbocycles. The molecule has 1 aromatic rings. The number of hydrogen-bond donors (Lipinski definition) is 1. The fourth-order valence-electron chi connectivity index (χ4n) is 2.37. The number of nitrogens with zero attached hydrogens (tertiary/aromatic N) is 1. The summed E-state index contributed by atoms with van der Waals surface area (Å²) in [5.74, 6) is 0.707. The number of nitrogens with one attached hydrogen (secondary N) is 1. The molecule has 0 fully saturated rings. The Labute approximate surface area is 136 Å². The summed E-state index contributed by atoms with van der Waals surface area (Å²) in [5, 5.41) is 3.52. The molecule has 2 nitrogen and oxygen atoms in total. The average molecular weight is 300 g/mol. The molecule has 1 atom stereocenters. The van der Waals surface area contributed by atoms with Crippen LogP contribution in [0.1, 0.15) is 58.9 Å². The van der Waals surface area contributed by atoms with Crippen molar-refractivity contribution in [2.75, 3.05) is 6.54 Å². The maximum absolute atomic E-state index is 4.13. The third-order valence-corrected chi connectivity index (χ3v) is 3.79. The van der Waals surface area contributed by atoms with Crippen LogP contribution in [0.4, 0.5) is 0 Å². The molecule has 0 saturated heterocycles. The van der Waals surface area contributed by atoms with E-state index in [0.29, 0.717) is 5.92 Å². The zero-order valence-electron chi connectivity index (χ0n) is 14.7. The topological polar surface area (TPSA) is 24.9 Å². The molecule has 0 saturated carbocycles. The Morgan fingerprint density at radius 3 is 2.73 bits per heavy atom. The molecule has 0 radical (unpaired) electrons. The van der Waals surface area contributed by atoms with Gasteiger partial charge in [0.05, 0.1) is 0 Å². The molecule has 1 rings (SSSR count). The maximum Gasteiger partial charge on any atom is 0.0312 e. The van der Waals surface area contributed by atoms with Gasteiger partial charge >= 0.3 is 0 Å². The number of pyridine rings is 1. The van der Waals surface area contributed by atoms with E-state index in [9.17, 15) is 0 Å². The van der Waals surface area contributed by atoms with Crippen molar-refractivity contribution in [1.29, 1.82) is 0 Å². The van der Waals surface area contributed by atoms with E-state index in [2.05, 4.69) is 56.2 Å². The van der Waals surface area contributed by atoms with Crippen LogP contribution in [0.5, 0.6) is 0 Å². The first-order valence-electron chi connectivity index (χ1n) is 8.46. The van der Waals surface area contributed by atoms with Gasteiger partial charge in [-0.1, -0.05) is 36.3 Å². The highest BCUT2D eigenvalue weighted by Crippen LogP contribution is 2.11. The van der Waals surface area contributed by atoms with Crippen LogP contribution in [-0.4, -0.2) is 11.5 Å². The van der Waals surface area contributed by atoms with Crippen LogP contribution in [0, 0.1) is 5.92 Å². The first kappa shape index (κ1) is 18.6. The fourth-order valence-corrected chi connectivity index (χ4v) is 2.37. The van der Waals surface area contributed by atoms with Crippen LogP contribution in [0.25, 0.3) is 0 Å². The van der Waals surface area contributed by atoms with E-state index in [0.717, 1.165) is 13.1 Å². The molecule has 0 aliphatic heterocycles. The predicted molar refractivity (Wildman–Crippen MR) is 96.8 cm³/mol. The summed E-state index contributed by atoms with van der Waals surface area (Å²) in [6.07, 6.45) is 13.3. The monoisotopic (exact) mass is 300 g/mol. The van der Waals surface area contributed by atoms with Crippen LogP contribution in [0.15, 0.2) is 47.8 Å². The SMILES string of the molecule is CC(C)=CCC/C(C)=C/CC[C@@H](C)CNCc1cccnc1. The summed E-state index contributed by atoms with van der Waals surface area (Å²) in [5.41, 5.74) is 4.19. The minimum atomic E-state index is 0.707. The van der Waals surface area contributed by atoms with Crippen molar-refractivity contribution in [3.8, 4) is 0 Å². The van der Waals surface area contributed by atoms with Gasteiger partial charge in [0.2, 0.25) is 0 Å². The molecule has 0 aliphatic rings. The van der Waals surface area contributed by atoms with E-state index in [1.807, 2.05) is 18.5 Å². The maximum atomic E-state index is 4.13. The normalized spacial score (nSPS) is 13.0. The highest BCUT2D eigenvalue weighted by atomic mass is 14.9. The van der Waals surface area contributed by atoms with Crippen molar-refractivity contribution in [2.45, 2.75) is 59.9 Å². The van der Waals surface area contributed by atoms with Gasteiger partial charge in [0, 0.05) is 18.9 Å². The van der Waals surface area contributed by atoms with E-state index < -0.39 is 0 Å². The summed E-state index contributed by atoms with van der Waals surface area (Å²) in [6.45, 7) is 10.9. The van der Waals surface area contributed by atoms with E-state index in [1.54, 1.807) is 0 Å². The third-order valence-electron chi connectivity index (χ3n) is 3.79. The Bertz CT molecular complexity index is 456. The first-order valence-corrected chi connectivity index (χ1v) is 8.46. The third kappa shape index (κ3) is 9.51. The summed E-state index contributed by atoms with van der Waals surface area (Å²) in [7, 11) is 0. The van der Waals surface area contributed by atoms with Crippen molar-refractivity contribution >= 4 is 0 Å². The molecule has 2 heteroatoms. The van der Waals surface area contributed by atoms with Gasteiger partial charge in [-0.15, -0.1) is 0 Å². The Balaban J connectivity index is 2.12. The lowest BCUT2D eigenvalue weighted by Gasteiger charge is -2.11. The van der Waals surface area contributed by atoms with Gasteiger partial charge in [0.15, 0.2) is 0 Å². The zero-order valence-corrected chi connectivity index (χ0v) is 14.7. The minimum Gasteiger partial charge on any atom is -0.312 e. The molecule has 0 amide bonds. The summed E-state index contributed by atoms with van der Waals surface area (Å²) >= 11 is 0. The standard InChI is InChI=1S/C20H32N2/c1-17(2)8-5-9-18(3)10-6-11-19(4)14-22-16-20-12-7-13-21-15-20/h7-8,10,12-13,15,19,22H,5-6,9,11,14,16H2,1-4H3/b18-10+/t19-/m1/s1. The van der Waals surface area contributed by atoms with Gasteiger partial charge < -0.3 is 5.32 Å². The Kier molecular flexibility index (Phi) is 9.49. The Morgan fingerprint density at radius 2 is 2.05 bits per heavy atom. The second-order valence-electron chi connectivity index (χ2n) is 6.55. The van der Waals surface area contributed by atoms with Crippen molar-refractivity contribution in [3.63, 3.8) is 0 Å². The smallest absolute Gasteiger partial charge is 0.0312 e. The summed E-state index contributed by atoms with van der Waals surface area (Å²) in [4.78, 5) is 4.13. The number of aromatic nitrogens is 1. The molecule has 0 unspecified atom stereocenters. The molecular formula is C20H32N2. The van der Waals surface area contributed by atoms with Gasteiger partial charge in [-0.2, -0.15) is 0 Å². The fraction of sp³-hybridized carbons (Fsp3) is 0.550. The van der Waals surface area contributed by atoms with Crippen LogP contribution >= 0.6 is 0 Å². The minimum absolute atomic E-state index is 0.707. The molecule has 1 heterocycles. The van der Waals surface area contributed by atoms with Gasteiger partial charge in [-0.3, -0.25) is 4.98 Å². The van der Waals surface area contributed by atoms with E-state index in [4.69, 9.17) is 0 Å². The zero-order chi connectivity index (χ0) is 16.2. The molecule has 0 aromatic carbocycles. The second kappa shape index (κ2) is 11.2. The van der Waals surface area contributed by atoms with Crippen molar-refractivity contribution < 1.29 is 0 Å². The molecule has 22 heavy (non-hydrogen) atoms. The largest absolute Gasteiger partial charge is 0.312 e. The van der Waals surface area contributed by atoms with E-state index >= 15 is 0 Å². The number of hydrogen-bond acceptors (Lipinski definition) is 2. The average Bonchev–Trinajstić information content (AvgIpc) is 2.48. The van der Waals surface area contributed by atoms with Crippen molar-refractivity contribution in [1.82, 2.24) is 10.3 Å². The predicted octanol–water partition coefficient (Wildman–Crippen LogP) is 5.28. The molecule has 0 bridgehead atoms. The lowest BCUT2D eigenvalue weighted by atomic mass is 10.0. The first-order chi connectivity index (χ1) is 10.6. The van der Waals surface area contributed by atoms with E-state index in [1.165, 1.54) is 42.4 Å². The Hall–Kier alpha value is -1.41. The van der Waals surface area contributed by atoms with Crippen LogP contribution in [0.2, 0.25) is 0 Å². The number of rotatable bonds is 10. The molecule has 1 N–H and O–H groups in total. The van der Waals surface area contributed by atoms with Crippen LogP contribution in [0.3, 0.4) is 0 Å². The summed E-state index contributed by atoms with van der Waals surface area (Å²) in [6, 6.07) is 4.10. The molecule has 122 valence electrons. The molecule has 0 spiro atoms. The van der Waals surface area contributed by atoms with Gasteiger partial charge in [0.1, 0.15) is 0 Å². The van der Waals surface area contributed by atoms with Crippen molar-refractivity contribution in [3.05, 3.63) is 53.4 Å². The van der Waals surface area contributed by atoms with Crippen LogP contribution < -0.4 is 5.32 Å². The van der Waals surface area contributed by atoms with Gasteiger partial charge in [-0.25, -0.2) is 0 Å². The molecule has 1 aromatic heterocycles. The van der Waals surface area contributed by atoms with Gasteiger partial charge in [-0.05, 0) is 70.5 Å². The number of allylic oxidation sites excluding steroid dienone is 4.